The molecule has 0 saturated carbocycles. The Morgan fingerprint density at radius 1 is 1.12 bits per heavy atom. The van der Waals surface area contributed by atoms with Crippen molar-refractivity contribution in [3.63, 3.8) is 0 Å². The molecule has 1 heterocycles. The average molecular weight is 220 g/mol. The Morgan fingerprint density at radius 3 is 2.56 bits per heavy atom. The molecular weight excluding hydrogens is 210 g/mol. The van der Waals surface area contributed by atoms with Crippen LogP contribution in [-0.2, 0) is 0 Å². The van der Waals surface area contributed by atoms with E-state index >= 15 is 0 Å². The summed E-state index contributed by atoms with van der Waals surface area (Å²) in [6, 6.07) is 5.59. The number of nitrogens with zero attached hydrogens (tertiary/aromatic N) is 1. The Morgan fingerprint density at radius 2 is 1.88 bits per heavy atom. The number of anilines is 1. The van der Waals surface area contributed by atoms with Crippen LogP contribution in [0.5, 0.6) is 0 Å². The second-order valence-electron chi connectivity index (χ2n) is 3.52. The van der Waals surface area contributed by atoms with E-state index in [4.69, 9.17) is 5.73 Å². The minimum Gasteiger partial charge on any atom is -0.383 e. The summed E-state index contributed by atoms with van der Waals surface area (Å²) in [5.74, 6) is -0.973. The van der Waals surface area contributed by atoms with Crippen molar-refractivity contribution in [2.45, 2.75) is 6.92 Å². The fourth-order valence-electron chi connectivity index (χ4n) is 1.51. The molecule has 2 nitrogen and oxygen atoms in total. The highest BCUT2D eigenvalue weighted by Crippen LogP contribution is 2.28. The lowest BCUT2D eigenvalue weighted by atomic mass is 10.0. The number of pyridine rings is 1. The fraction of sp³-hybridized carbons (Fsp3) is 0.0833. The van der Waals surface area contributed by atoms with Gasteiger partial charge in [-0.3, -0.25) is 0 Å². The fourth-order valence-corrected chi connectivity index (χ4v) is 1.51. The number of hydrogen-bond acceptors (Lipinski definition) is 2. The maximum Gasteiger partial charge on any atom is 0.134 e. The van der Waals surface area contributed by atoms with Gasteiger partial charge in [0.25, 0.3) is 0 Å². The predicted molar refractivity (Wildman–Crippen MR) is 58.7 cm³/mol. The second kappa shape index (κ2) is 3.89. The van der Waals surface area contributed by atoms with Crippen LogP contribution >= 0.6 is 0 Å². The van der Waals surface area contributed by atoms with E-state index in [0.29, 0.717) is 11.1 Å². The van der Waals surface area contributed by atoms with E-state index in [2.05, 4.69) is 4.98 Å². The van der Waals surface area contributed by atoms with Crippen LogP contribution in [0.25, 0.3) is 11.1 Å². The Balaban J connectivity index is 2.65. The van der Waals surface area contributed by atoms with Crippen LogP contribution in [0.15, 0.2) is 30.5 Å². The van der Waals surface area contributed by atoms with E-state index in [1.807, 2.05) is 0 Å². The third-order valence-corrected chi connectivity index (χ3v) is 2.38. The van der Waals surface area contributed by atoms with Gasteiger partial charge in [0.1, 0.15) is 17.5 Å². The summed E-state index contributed by atoms with van der Waals surface area (Å²) in [5.41, 5.74) is 6.76. The first-order valence-electron chi connectivity index (χ1n) is 4.76. The Kier molecular flexibility index (Phi) is 2.56. The second-order valence-corrected chi connectivity index (χ2v) is 3.52. The molecule has 0 aliphatic carbocycles. The molecule has 0 bridgehead atoms. The smallest absolute Gasteiger partial charge is 0.134 e. The van der Waals surface area contributed by atoms with Crippen molar-refractivity contribution in [2.24, 2.45) is 0 Å². The molecule has 0 aliphatic heterocycles. The van der Waals surface area contributed by atoms with E-state index in [1.165, 1.54) is 12.3 Å². The van der Waals surface area contributed by atoms with Gasteiger partial charge in [-0.1, -0.05) is 0 Å². The number of aryl methyl sites for hydroxylation is 1. The van der Waals surface area contributed by atoms with E-state index in [1.54, 1.807) is 19.1 Å². The summed E-state index contributed by atoms with van der Waals surface area (Å²) in [5, 5.41) is 0. The molecule has 4 heteroatoms. The normalized spacial score (nSPS) is 10.4. The lowest BCUT2D eigenvalue weighted by Crippen LogP contribution is -1.96. The van der Waals surface area contributed by atoms with Gasteiger partial charge >= 0.3 is 0 Å². The molecule has 2 aromatic rings. The van der Waals surface area contributed by atoms with Crippen molar-refractivity contribution in [2.75, 3.05) is 5.73 Å². The van der Waals surface area contributed by atoms with Crippen molar-refractivity contribution >= 4 is 5.82 Å². The van der Waals surface area contributed by atoms with Gasteiger partial charge in [-0.05, 0) is 30.7 Å². The summed E-state index contributed by atoms with van der Waals surface area (Å²) >= 11 is 0. The maximum atomic E-state index is 13.6. The number of benzene rings is 1. The molecule has 1 aromatic heterocycles. The zero-order chi connectivity index (χ0) is 11.7. The van der Waals surface area contributed by atoms with Crippen LogP contribution in [0.4, 0.5) is 14.6 Å². The molecule has 0 atom stereocenters. The SMILES string of the molecule is Cc1cc(-c2cccnc2N)c(F)cc1F. The first-order chi connectivity index (χ1) is 7.59. The van der Waals surface area contributed by atoms with E-state index in [-0.39, 0.29) is 11.4 Å². The van der Waals surface area contributed by atoms with Crippen LogP contribution in [0.3, 0.4) is 0 Å². The molecule has 82 valence electrons. The molecule has 2 rings (SSSR count). The van der Waals surface area contributed by atoms with E-state index < -0.39 is 11.6 Å². The molecule has 0 amide bonds. The monoisotopic (exact) mass is 220 g/mol. The summed E-state index contributed by atoms with van der Waals surface area (Å²) in [7, 11) is 0. The molecule has 0 radical (unpaired) electrons. The van der Waals surface area contributed by atoms with E-state index in [0.717, 1.165) is 6.07 Å². The number of rotatable bonds is 1. The van der Waals surface area contributed by atoms with Gasteiger partial charge in [0, 0.05) is 23.4 Å². The summed E-state index contributed by atoms with van der Waals surface area (Å²) in [6.07, 6.45) is 1.52. The molecule has 0 spiro atoms. The van der Waals surface area contributed by atoms with Gasteiger partial charge in [0.2, 0.25) is 0 Å². The summed E-state index contributed by atoms with van der Waals surface area (Å²) < 4.78 is 26.7. The minimum atomic E-state index is -0.636. The highest BCUT2D eigenvalue weighted by molar-refractivity contribution is 5.74. The van der Waals surface area contributed by atoms with Gasteiger partial charge in [-0.2, -0.15) is 0 Å². The zero-order valence-corrected chi connectivity index (χ0v) is 8.67. The molecule has 0 fully saturated rings. The van der Waals surface area contributed by atoms with Crippen molar-refractivity contribution in [1.29, 1.82) is 0 Å². The Labute approximate surface area is 91.7 Å². The Hall–Kier alpha value is -1.97. The van der Waals surface area contributed by atoms with Crippen molar-refractivity contribution in [1.82, 2.24) is 4.98 Å². The number of aromatic nitrogens is 1. The highest BCUT2D eigenvalue weighted by atomic mass is 19.1. The molecule has 0 aliphatic rings. The van der Waals surface area contributed by atoms with Crippen LogP contribution in [-0.4, -0.2) is 4.98 Å². The lowest BCUT2D eigenvalue weighted by molar-refractivity contribution is 0.579. The maximum absolute atomic E-state index is 13.6. The standard InChI is InChI=1S/C12H10F2N2/c1-7-5-9(11(14)6-10(7)13)8-3-2-4-16-12(8)15/h2-6H,1H3,(H2,15,16). The summed E-state index contributed by atoms with van der Waals surface area (Å²) in [4.78, 5) is 3.87. The van der Waals surface area contributed by atoms with E-state index in [9.17, 15) is 8.78 Å². The van der Waals surface area contributed by atoms with Gasteiger partial charge in [-0.15, -0.1) is 0 Å². The number of nitrogen functional groups attached to an aromatic ring is 1. The largest absolute Gasteiger partial charge is 0.383 e. The van der Waals surface area contributed by atoms with Gasteiger partial charge < -0.3 is 5.73 Å². The first-order valence-corrected chi connectivity index (χ1v) is 4.76. The summed E-state index contributed by atoms with van der Waals surface area (Å²) in [6.45, 7) is 1.57. The molecule has 16 heavy (non-hydrogen) atoms. The highest BCUT2D eigenvalue weighted by Gasteiger charge is 2.11. The van der Waals surface area contributed by atoms with Crippen LogP contribution in [0, 0.1) is 18.6 Å². The quantitative estimate of drug-likeness (QED) is 0.802. The van der Waals surface area contributed by atoms with Crippen molar-refractivity contribution in [3.05, 3.63) is 47.7 Å². The molecule has 0 unspecified atom stereocenters. The first kappa shape index (κ1) is 10.5. The Bertz CT molecular complexity index is 539. The zero-order valence-electron chi connectivity index (χ0n) is 8.67. The molecule has 0 saturated heterocycles. The molecule has 2 N–H and O–H groups in total. The number of hydrogen-bond donors (Lipinski definition) is 1. The van der Waals surface area contributed by atoms with Gasteiger partial charge in [0.05, 0.1) is 0 Å². The van der Waals surface area contributed by atoms with Crippen LogP contribution < -0.4 is 5.73 Å². The minimum absolute atomic E-state index is 0.229. The van der Waals surface area contributed by atoms with Crippen molar-refractivity contribution in [3.8, 4) is 11.1 Å². The van der Waals surface area contributed by atoms with Gasteiger partial charge in [0.15, 0.2) is 0 Å². The lowest BCUT2D eigenvalue weighted by Gasteiger charge is -2.07. The van der Waals surface area contributed by atoms with Crippen LogP contribution in [0.1, 0.15) is 5.56 Å². The average Bonchev–Trinajstić information content (AvgIpc) is 2.25. The van der Waals surface area contributed by atoms with Crippen LogP contribution in [0.2, 0.25) is 0 Å². The topological polar surface area (TPSA) is 38.9 Å². The third kappa shape index (κ3) is 1.74. The molecular formula is C12H10F2N2. The number of halogens is 2. The predicted octanol–water partition coefficient (Wildman–Crippen LogP) is 2.92. The molecule has 1 aromatic carbocycles. The number of nitrogens with two attached hydrogens (primary N) is 1. The van der Waals surface area contributed by atoms with Gasteiger partial charge in [-0.25, -0.2) is 13.8 Å². The third-order valence-electron chi connectivity index (χ3n) is 2.38. The van der Waals surface area contributed by atoms with Crippen molar-refractivity contribution < 1.29 is 8.78 Å².